The van der Waals surface area contributed by atoms with E-state index in [1.165, 1.54) is 13.0 Å². The Labute approximate surface area is 223 Å². The Morgan fingerprint density at radius 1 is 1.05 bits per heavy atom. The van der Waals surface area contributed by atoms with Gasteiger partial charge in [0.15, 0.2) is 17.3 Å². The first-order valence-electron chi connectivity index (χ1n) is 13.5. The van der Waals surface area contributed by atoms with Crippen LogP contribution in [0.15, 0.2) is 22.8 Å². The maximum atomic E-state index is 14.1. The number of hydrogen-bond acceptors (Lipinski definition) is 7. The summed E-state index contributed by atoms with van der Waals surface area (Å²) < 4.78 is 0. The van der Waals surface area contributed by atoms with Gasteiger partial charge in [0.25, 0.3) is 0 Å². The van der Waals surface area contributed by atoms with Gasteiger partial charge in [0.2, 0.25) is 0 Å². The number of rotatable bonds is 5. The summed E-state index contributed by atoms with van der Waals surface area (Å²) in [5.41, 5.74) is -3.08. The Kier molecular flexibility index (Phi) is 6.60. The number of aliphatic carboxylic acids is 1. The number of aliphatic hydroxyl groups is 2. The summed E-state index contributed by atoms with van der Waals surface area (Å²) in [7, 11) is 0. The molecule has 3 N–H and O–H groups in total. The highest BCUT2D eigenvalue weighted by molar-refractivity contribution is 6.14. The minimum Gasteiger partial charge on any atom is -0.481 e. The third kappa shape index (κ3) is 3.52. The smallest absolute Gasteiger partial charge is 0.306 e. The van der Waals surface area contributed by atoms with Crippen molar-refractivity contribution >= 4 is 29.1 Å². The van der Waals surface area contributed by atoms with Gasteiger partial charge in [-0.25, -0.2) is 0 Å². The average molecular weight is 529 g/mol. The molecule has 0 unspecified atom stereocenters. The number of carboxylic acids is 1. The molecule has 4 rings (SSSR count). The predicted molar refractivity (Wildman–Crippen MR) is 138 cm³/mol. The Balaban J connectivity index is 1.86. The Hall–Kier alpha value is -2.45. The number of aliphatic hydroxyl groups excluding tert-OH is 2. The highest BCUT2D eigenvalue weighted by Crippen LogP contribution is 2.70. The molecule has 4 aliphatic carbocycles. The van der Waals surface area contributed by atoms with Crippen LogP contribution in [0.2, 0.25) is 0 Å². The average Bonchev–Trinajstić information content (AvgIpc) is 3.03. The molecule has 38 heavy (non-hydrogen) atoms. The third-order valence-corrected chi connectivity index (χ3v) is 11.1. The maximum Gasteiger partial charge on any atom is 0.306 e. The van der Waals surface area contributed by atoms with Gasteiger partial charge >= 0.3 is 5.97 Å². The van der Waals surface area contributed by atoms with E-state index >= 15 is 0 Å². The molecular weight excluding hydrogens is 488 g/mol. The molecule has 0 bridgehead atoms. The van der Waals surface area contributed by atoms with Crippen LogP contribution in [0.4, 0.5) is 0 Å². The minimum atomic E-state index is -1.53. The van der Waals surface area contributed by atoms with E-state index in [1.54, 1.807) is 20.8 Å². The van der Waals surface area contributed by atoms with Crippen molar-refractivity contribution in [2.45, 2.75) is 92.8 Å². The van der Waals surface area contributed by atoms with E-state index in [2.05, 4.69) is 0 Å². The molecule has 2 saturated carbocycles. The molecule has 0 saturated heterocycles. The zero-order chi connectivity index (χ0) is 28.7. The van der Waals surface area contributed by atoms with Gasteiger partial charge in [-0.15, -0.1) is 0 Å². The summed E-state index contributed by atoms with van der Waals surface area (Å²) in [6.45, 7) is 12.1. The molecule has 0 spiro atoms. The number of fused-ring (bicyclic) bond motifs is 4. The fourth-order valence-electron chi connectivity index (χ4n) is 8.51. The van der Waals surface area contributed by atoms with Crippen molar-refractivity contribution in [1.82, 2.24) is 0 Å². The molecule has 0 aliphatic heterocycles. The Morgan fingerprint density at radius 3 is 2.24 bits per heavy atom. The van der Waals surface area contributed by atoms with Crippen LogP contribution in [-0.4, -0.2) is 56.6 Å². The number of carbonyl (C=O) groups excluding carboxylic acids is 4. The number of hydrogen-bond donors (Lipinski definition) is 3. The van der Waals surface area contributed by atoms with Crippen molar-refractivity contribution in [3.63, 3.8) is 0 Å². The zero-order valence-corrected chi connectivity index (χ0v) is 23.4. The first-order chi connectivity index (χ1) is 17.4. The van der Waals surface area contributed by atoms with Crippen LogP contribution in [0.5, 0.6) is 0 Å². The molecule has 8 heteroatoms. The predicted octanol–water partition coefficient (Wildman–Crippen LogP) is 3.23. The van der Waals surface area contributed by atoms with Crippen LogP contribution in [0.1, 0.15) is 80.6 Å². The van der Waals surface area contributed by atoms with Crippen molar-refractivity contribution in [3.05, 3.63) is 22.8 Å². The highest BCUT2D eigenvalue weighted by atomic mass is 16.4. The van der Waals surface area contributed by atoms with Crippen molar-refractivity contribution < 1.29 is 39.3 Å². The topological polar surface area (TPSA) is 146 Å². The lowest BCUT2D eigenvalue weighted by Gasteiger charge is -2.60. The fourth-order valence-corrected chi connectivity index (χ4v) is 8.51. The lowest BCUT2D eigenvalue weighted by atomic mass is 9.42. The van der Waals surface area contributed by atoms with Crippen LogP contribution >= 0.6 is 0 Å². The van der Waals surface area contributed by atoms with E-state index in [9.17, 15) is 34.2 Å². The van der Waals surface area contributed by atoms with E-state index in [-0.39, 0.29) is 54.2 Å². The SMILES string of the molecule is C/C(=C/C(=O)C[C@@H](C)C(=O)O)[C@H]1C[C@@H](O)[C@@]2(C)C3=C(C(=O)[C@H](O)[C@]12C)[C@@]1(C)CCC(=O)C(C)(C)[C@@H]1CC3=O. The molecule has 0 aromatic carbocycles. The molecule has 0 aromatic heterocycles. The van der Waals surface area contributed by atoms with Gasteiger partial charge in [-0.2, -0.15) is 0 Å². The maximum absolute atomic E-state index is 14.1. The van der Waals surface area contributed by atoms with Crippen LogP contribution in [0.3, 0.4) is 0 Å². The van der Waals surface area contributed by atoms with E-state index < -0.39 is 63.4 Å². The van der Waals surface area contributed by atoms with Gasteiger partial charge in [-0.05, 0) is 37.7 Å². The van der Waals surface area contributed by atoms with E-state index in [1.807, 2.05) is 20.8 Å². The van der Waals surface area contributed by atoms with Gasteiger partial charge < -0.3 is 15.3 Å². The number of allylic oxidation sites excluding steroid dienone is 2. The standard InChI is InChI=1S/C30H40O8/c1-14(10-16(31)11-15(2)26(37)38)17-12-21(34)30(7)22-18(32)13-19-27(3,4)20(33)8-9-28(19,5)23(22)24(35)25(36)29(17,30)6/h10,15,17,19,21,25,34,36H,8-9,11-13H2,1-7H3,(H,37,38)/b14-10-/t15-,17-,19+,21-,25+,28+,29+,30+/m1/s1. The van der Waals surface area contributed by atoms with Crippen molar-refractivity contribution in [2.24, 2.45) is 39.4 Å². The number of ketones is 4. The van der Waals surface area contributed by atoms with Crippen molar-refractivity contribution in [1.29, 1.82) is 0 Å². The van der Waals surface area contributed by atoms with Crippen molar-refractivity contribution in [3.8, 4) is 0 Å². The number of Topliss-reactive ketones (excluding diaryl/α,β-unsaturated/α-hetero) is 3. The second kappa shape index (κ2) is 8.78. The highest BCUT2D eigenvalue weighted by Gasteiger charge is 2.73. The summed E-state index contributed by atoms with van der Waals surface area (Å²) >= 11 is 0. The van der Waals surface area contributed by atoms with Gasteiger partial charge in [0.05, 0.1) is 12.0 Å². The molecule has 0 radical (unpaired) electrons. The molecule has 208 valence electrons. The summed E-state index contributed by atoms with van der Waals surface area (Å²) in [4.78, 5) is 64.7. The Bertz CT molecular complexity index is 1210. The summed E-state index contributed by atoms with van der Waals surface area (Å²) in [6.07, 6.45) is -0.559. The summed E-state index contributed by atoms with van der Waals surface area (Å²) in [5.74, 6) is -4.08. The van der Waals surface area contributed by atoms with E-state index in [4.69, 9.17) is 5.11 Å². The normalized spacial score (nSPS) is 41.4. The van der Waals surface area contributed by atoms with Crippen LogP contribution in [0.25, 0.3) is 0 Å². The second-order valence-corrected chi connectivity index (χ2v) is 13.3. The van der Waals surface area contributed by atoms with Gasteiger partial charge in [-0.3, -0.25) is 24.0 Å². The molecule has 0 amide bonds. The molecule has 4 aliphatic rings. The molecule has 0 aromatic rings. The van der Waals surface area contributed by atoms with Gasteiger partial charge in [0.1, 0.15) is 11.9 Å². The fraction of sp³-hybridized carbons (Fsp3) is 0.700. The molecule has 8 atom stereocenters. The monoisotopic (exact) mass is 528 g/mol. The van der Waals surface area contributed by atoms with Crippen molar-refractivity contribution in [2.75, 3.05) is 0 Å². The zero-order valence-electron chi connectivity index (χ0n) is 23.4. The number of carbonyl (C=O) groups is 5. The van der Waals surface area contributed by atoms with Crippen LogP contribution < -0.4 is 0 Å². The Morgan fingerprint density at radius 2 is 1.66 bits per heavy atom. The quantitative estimate of drug-likeness (QED) is 0.461. The van der Waals surface area contributed by atoms with Gasteiger partial charge in [0, 0.05) is 52.1 Å². The molecular formula is C30H40O8. The largest absolute Gasteiger partial charge is 0.481 e. The lowest BCUT2D eigenvalue weighted by Crippen LogP contribution is -2.64. The first-order valence-corrected chi connectivity index (χ1v) is 13.5. The molecule has 2 fully saturated rings. The van der Waals surface area contributed by atoms with Crippen LogP contribution in [0, 0.1) is 39.4 Å². The van der Waals surface area contributed by atoms with E-state index in [0.717, 1.165) is 0 Å². The summed E-state index contributed by atoms with van der Waals surface area (Å²) in [6, 6.07) is 0. The minimum absolute atomic E-state index is 0.0558. The molecule has 0 heterocycles. The van der Waals surface area contributed by atoms with Crippen LogP contribution in [-0.2, 0) is 24.0 Å². The second-order valence-electron chi connectivity index (χ2n) is 13.3. The molecule has 8 nitrogen and oxygen atoms in total. The van der Waals surface area contributed by atoms with E-state index in [0.29, 0.717) is 12.0 Å². The summed E-state index contributed by atoms with van der Waals surface area (Å²) in [5, 5.41) is 32.4. The first kappa shape index (κ1) is 28.6. The lowest BCUT2D eigenvalue weighted by molar-refractivity contribution is -0.156. The van der Waals surface area contributed by atoms with Gasteiger partial charge in [-0.1, -0.05) is 47.1 Å². The number of carboxylic acid groups (broad SMARTS) is 1. The third-order valence-electron chi connectivity index (χ3n) is 11.1.